The number of rotatable bonds is 1. The molecular formula is C3H4N2O. The molecule has 6 heavy (non-hydrogen) atoms. The Hall–Kier alpha value is -0.860. The molecule has 0 radical (unpaired) electrons. The second-order valence-electron chi connectivity index (χ2n) is 1.13. The van der Waals surface area contributed by atoms with Gasteiger partial charge in [0.1, 0.15) is 5.71 Å². The van der Waals surface area contributed by atoms with Gasteiger partial charge in [-0.3, -0.25) is 9.79 Å². The van der Waals surface area contributed by atoms with Gasteiger partial charge in [-0.25, -0.2) is 0 Å². The first-order valence-electron chi connectivity index (χ1n) is 1.64. The molecule has 2 N–H and O–H groups in total. The van der Waals surface area contributed by atoms with E-state index >= 15 is 0 Å². The minimum atomic E-state index is -0.380. The number of hydrogen-bond donors (Lipinski definition) is 1. The number of nitrogens with two attached hydrogens (primary N) is 1. The molecule has 1 aliphatic heterocycles. The molecule has 1 amide bonds. The first-order chi connectivity index (χ1) is 2.80. The van der Waals surface area contributed by atoms with Crippen LogP contribution in [-0.4, -0.2) is 18.2 Å². The lowest BCUT2D eigenvalue weighted by molar-refractivity contribution is -0.111. The van der Waals surface area contributed by atoms with Crippen LogP contribution in [0.25, 0.3) is 0 Å². The molecule has 0 unspecified atom stereocenters. The van der Waals surface area contributed by atoms with E-state index < -0.39 is 0 Å². The first kappa shape index (κ1) is 3.33. The lowest BCUT2D eigenvalue weighted by atomic mass is 10.5. The number of amides is 1. The van der Waals surface area contributed by atoms with Gasteiger partial charge in [0, 0.05) is 0 Å². The fourth-order valence-corrected chi connectivity index (χ4v) is 0.195. The summed E-state index contributed by atoms with van der Waals surface area (Å²) in [6.45, 7) is 0.565. The molecule has 32 valence electrons. The van der Waals surface area contributed by atoms with E-state index in [1.54, 1.807) is 0 Å². The summed E-state index contributed by atoms with van der Waals surface area (Å²) in [6.07, 6.45) is 0. The fraction of sp³-hybridized carbons (Fsp3) is 0.333. The Bertz CT molecular complexity index is 116. The summed E-state index contributed by atoms with van der Waals surface area (Å²) in [5, 5.41) is 0. The SMILES string of the molecule is NC(=O)C1=NC1. The number of nitrogens with zero attached hydrogens (tertiary/aromatic N) is 1. The zero-order valence-electron chi connectivity index (χ0n) is 3.14. The van der Waals surface area contributed by atoms with Crippen LogP contribution >= 0.6 is 0 Å². The van der Waals surface area contributed by atoms with Crippen molar-refractivity contribution in [2.75, 3.05) is 6.54 Å². The summed E-state index contributed by atoms with van der Waals surface area (Å²) < 4.78 is 0. The molecule has 0 fully saturated rings. The maximum Gasteiger partial charge on any atom is 0.264 e. The monoisotopic (exact) mass is 84.0 g/mol. The number of carbonyl (C=O) groups excluding carboxylic acids is 1. The highest BCUT2D eigenvalue weighted by molar-refractivity contribution is 6.44. The van der Waals surface area contributed by atoms with E-state index in [0.29, 0.717) is 12.3 Å². The average molecular weight is 84.1 g/mol. The molecule has 0 saturated heterocycles. The number of aliphatic imine (C=N–C) groups is 1. The minimum absolute atomic E-state index is 0.380. The van der Waals surface area contributed by atoms with Crippen molar-refractivity contribution in [3.63, 3.8) is 0 Å². The van der Waals surface area contributed by atoms with E-state index in [2.05, 4.69) is 4.99 Å². The molecule has 0 aromatic rings. The van der Waals surface area contributed by atoms with Crippen LogP contribution in [0.3, 0.4) is 0 Å². The molecule has 0 aliphatic carbocycles. The summed E-state index contributed by atoms with van der Waals surface area (Å²) in [5.41, 5.74) is 5.25. The van der Waals surface area contributed by atoms with Crippen molar-refractivity contribution in [2.45, 2.75) is 0 Å². The molecule has 0 bridgehead atoms. The van der Waals surface area contributed by atoms with Crippen molar-refractivity contribution in [3.8, 4) is 0 Å². The highest BCUT2D eigenvalue weighted by Gasteiger charge is 2.14. The van der Waals surface area contributed by atoms with Crippen LogP contribution in [-0.2, 0) is 4.79 Å². The Morgan fingerprint density at radius 3 is 2.50 bits per heavy atom. The van der Waals surface area contributed by atoms with Crippen LogP contribution < -0.4 is 5.73 Å². The van der Waals surface area contributed by atoms with E-state index in [1.807, 2.05) is 0 Å². The lowest BCUT2D eigenvalue weighted by Gasteiger charge is -1.68. The van der Waals surface area contributed by atoms with Crippen molar-refractivity contribution in [1.82, 2.24) is 0 Å². The zero-order chi connectivity index (χ0) is 4.57. The molecule has 1 heterocycles. The minimum Gasteiger partial charge on any atom is -0.365 e. The largest absolute Gasteiger partial charge is 0.365 e. The van der Waals surface area contributed by atoms with Crippen LogP contribution in [0.5, 0.6) is 0 Å². The van der Waals surface area contributed by atoms with Crippen molar-refractivity contribution >= 4 is 11.6 Å². The van der Waals surface area contributed by atoms with Gasteiger partial charge in [0.05, 0.1) is 6.54 Å². The van der Waals surface area contributed by atoms with Gasteiger partial charge in [0.25, 0.3) is 5.91 Å². The highest BCUT2D eigenvalue weighted by Crippen LogP contribution is 1.92. The van der Waals surface area contributed by atoms with Crippen molar-refractivity contribution in [2.24, 2.45) is 10.7 Å². The van der Waals surface area contributed by atoms with Crippen molar-refractivity contribution in [1.29, 1.82) is 0 Å². The van der Waals surface area contributed by atoms with Gasteiger partial charge in [-0.2, -0.15) is 0 Å². The second-order valence-corrected chi connectivity index (χ2v) is 1.13. The van der Waals surface area contributed by atoms with E-state index in [9.17, 15) is 4.79 Å². The van der Waals surface area contributed by atoms with E-state index in [4.69, 9.17) is 5.73 Å². The Balaban J connectivity index is 2.52. The van der Waals surface area contributed by atoms with E-state index in [1.165, 1.54) is 0 Å². The molecule has 1 aliphatic rings. The van der Waals surface area contributed by atoms with Crippen LogP contribution in [0.1, 0.15) is 0 Å². The zero-order valence-corrected chi connectivity index (χ0v) is 3.14. The van der Waals surface area contributed by atoms with Gasteiger partial charge in [-0.05, 0) is 0 Å². The van der Waals surface area contributed by atoms with Crippen LogP contribution in [0.4, 0.5) is 0 Å². The molecule has 0 aromatic heterocycles. The number of hydrogen-bond acceptors (Lipinski definition) is 2. The quantitative estimate of drug-likeness (QED) is 0.432. The molecule has 0 aromatic carbocycles. The maximum atomic E-state index is 9.85. The third-order valence-electron chi connectivity index (χ3n) is 0.601. The van der Waals surface area contributed by atoms with E-state index in [-0.39, 0.29) is 5.91 Å². The number of primary amides is 1. The van der Waals surface area contributed by atoms with Crippen LogP contribution in [0.15, 0.2) is 4.99 Å². The summed E-state index contributed by atoms with van der Waals surface area (Å²) in [7, 11) is 0. The topological polar surface area (TPSA) is 55.5 Å². The van der Waals surface area contributed by atoms with Crippen molar-refractivity contribution in [3.05, 3.63) is 0 Å². The van der Waals surface area contributed by atoms with Crippen LogP contribution in [0, 0.1) is 0 Å². The molecule has 3 nitrogen and oxygen atoms in total. The standard InChI is InChI=1S/C3H4N2O/c4-3(6)2-1-5-2/h1H2,(H2,4,6). The molecule has 1 rings (SSSR count). The molecule has 0 saturated carbocycles. The van der Waals surface area contributed by atoms with Gasteiger partial charge in [-0.15, -0.1) is 0 Å². The Labute approximate surface area is 34.9 Å². The van der Waals surface area contributed by atoms with Crippen molar-refractivity contribution < 1.29 is 4.79 Å². The molecule has 3 heteroatoms. The Morgan fingerprint density at radius 2 is 2.50 bits per heavy atom. The van der Waals surface area contributed by atoms with Gasteiger partial charge in [-0.1, -0.05) is 0 Å². The van der Waals surface area contributed by atoms with Gasteiger partial charge >= 0.3 is 0 Å². The predicted octanol–water partition coefficient (Wildman–Crippen LogP) is -1.07. The molecule has 0 spiro atoms. The van der Waals surface area contributed by atoms with Gasteiger partial charge in [0.15, 0.2) is 0 Å². The van der Waals surface area contributed by atoms with Crippen LogP contribution in [0.2, 0.25) is 0 Å². The fourth-order valence-electron chi connectivity index (χ4n) is 0.195. The summed E-state index contributed by atoms with van der Waals surface area (Å²) in [4.78, 5) is 13.4. The summed E-state index contributed by atoms with van der Waals surface area (Å²) >= 11 is 0. The Kier molecular flexibility index (Phi) is 0.445. The second kappa shape index (κ2) is 0.801. The number of carbonyl (C=O) groups is 1. The lowest BCUT2D eigenvalue weighted by Crippen LogP contribution is -2.15. The normalized spacial score (nSPS) is 16.3. The van der Waals surface area contributed by atoms with Gasteiger partial charge < -0.3 is 5.73 Å². The van der Waals surface area contributed by atoms with Gasteiger partial charge in [0.2, 0.25) is 0 Å². The predicted molar refractivity (Wildman–Crippen MR) is 21.5 cm³/mol. The molecular weight excluding hydrogens is 80.0 g/mol. The first-order valence-corrected chi connectivity index (χ1v) is 1.64. The third kappa shape index (κ3) is 0.381. The summed E-state index contributed by atoms with van der Waals surface area (Å²) in [5.74, 6) is -0.380. The van der Waals surface area contributed by atoms with E-state index in [0.717, 1.165) is 0 Å². The maximum absolute atomic E-state index is 9.85. The molecule has 0 atom stereocenters. The third-order valence-corrected chi connectivity index (χ3v) is 0.601. The highest BCUT2D eigenvalue weighted by atomic mass is 16.1. The summed E-state index contributed by atoms with van der Waals surface area (Å²) in [6, 6.07) is 0. The average Bonchev–Trinajstić information content (AvgIpc) is 2.06. The smallest absolute Gasteiger partial charge is 0.264 e. The Morgan fingerprint density at radius 1 is 2.00 bits per heavy atom.